The smallest absolute Gasteiger partial charge is 0.0634 e. The summed E-state index contributed by atoms with van der Waals surface area (Å²) in [5.41, 5.74) is 23.9. The van der Waals surface area contributed by atoms with Gasteiger partial charge in [0.05, 0.1) is 33.1 Å². The lowest BCUT2D eigenvalue weighted by atomic mass is 9.74. The minimum atomic E-state index is -0.147. The maximum absolute atomic E-state index is 2.76. The van der Waals surface area contributed by atoms with Gasteiger partial charge in [-0.1, -0.05) is 251 Å². The van der Waals surface area contributed by atoms with Gasteiger partial charge >= 0.3 is 0 Å². The topological polar surface area (TPSA) is 8.82 Å². The first-order valence-corrected chi connectivity index (χ1v) is 28.6. The van der Waals surface area contributed by atoms with Gasteiger partial charge in [0.15, 0.2) is 0 Å². The van der Waals surface area contributed by atoms with Crippen LogP contribution in [0.4, 0.5) is 0 Å². The molecule has 0 bridgehead atoms. The molecule has 0 unspecified atom stereocenters. The van der Waals surface area contributed by atoms with E-state index in [0.717, 1.165) is 0 Å². The van der Waals surface area contributed by atoms with Gasteiger partial charge in [0.1, 0.15) is 0 Å². The fraction of sp³-hybridized carbons (Fsp3) is 0.432. The highest BCUT2D eigenvalue weighted by molar-refractivity contribution is 6.45. The maximum atomic E-state index is 2.76. The van der Waals surface area contributed by atoms with E-state index in [9.17, 15) is 0 Å². The molecule has 0 amide bonds. The molecule has 0 saturated carbocycles. The largest absolute Gasteiger partial charge is 0.308 e. The molecular weight excluding hydrogens is 917 g/mol. The van der Waals surface area contributed by atoms with Crippen LogP contribution in [-0.2, 0) is 43.3 Å². The van der Waals surface area contributed by atoms with Crippen molar-refractivity contribution in [1.82, 2.24) is 8.80 Å². The summed E-state index contributed by atoms with van der Waals surface area (Å²) >= 11 is 0. The molecule has 394 valence electrons. The maximum Gasteiger partial charge on any atom is 0.0634 e. The molecule has 0 aliphatic carbocycles. The fourth-order valence-electron chi connectivity index (χ4n) is 13.3. The van der Waals surface area contributed by atoms with Crippen molar-refractivity contribution in [3.8, 4) is 22.3 Å². The zero-order valence-electron chi connectivity index (χ0n) is 51.1. The van der Waals surface area contributed by atoms with Gasteiger partial charge in [0, 0.05) is 43.1 Å². The third-order valence-corrected chi connectivity index (χ3v) is 17.4. The van der Waals surface area contributed by atoms with Gasteiger partial charge < -0.3 is 8.80 Å². The second-order valence-electron chi connectivity index (χ2n) is 31.7. The molecule has 2 nitrogen and oxygen atoms in total. The van der Waals surface area contributed by atoms with Crippen LogP contribution in [0.5, 0.6) is 0 Å². The van der Waals surface area contributed by atoms with Crippen LogP contribution in [0.25, 0.3) is 98.4 Å². The zero-order chi connectivity index (χ0) is 55.5. The van der Waals surface area contributed by atoms with Crippen molar-refractivity contribution in [3.05, 3.63) is 142 Å². The Kier molecular flexibility index (Phi) is 10.9. The number of rotatable bonds is 2. The molecule has 0 N–H and O–H groups in total. The molecule has 0 atom stereocenters. The molecular formula is C74H88N2. The lowest BCUT2D eigenvalue weighted by Gasteiger charge is -2.31. The van der Waals surface area contributed by atoms with Crippen molar-refractivity contribution in [2.75, 3.05) is 0 Å². The summed E-state index contributed by atoms with van der Waals surface area (Å²) in [6.07, 6.45) is 0. The lowest BCUT2D eigenvalue weighted by molar-refractivity contribution is 0.534. The van der Waals surface area contributed by atoms with Gasteiger partial charge in [-0.2, -0.15) is 0 Å². The first-order valence-electron chi connectivity index (χ1n) is 28.6. The van der Waals surface area contributed by atoms with Gasteiger partial charge in [-0.05, 0) is 122 Å². The van der Waals surface area contributed by atoms with E-state index < -0.39 is 0 Å². The van der Waals surface area contributed by atoms with Crippen molar-refractivity contribution in [2.45, 2.75) is 209 Å². The van der Waals surface area contributed by atoms with Gasteiger partial charge in [-0.25, -0.2) is 0 Å². The summed E-state index contributed by atoms with van der Waals surface area (Å²) in [6.45, 7) is 57.3. The summed E-state index contributed by atoms with van der Waals surface area (Å²) in [7, 11) is 0. The average molecular weight is 1010 g/mol. The van der Waals surface area contributed by atoms with E-state index in [0.29, 0.717) is 0 Å². The SMILES string of the molecule is CC(C)(C)c1cc(-c2ccc3c4c5c6ccc(C(C)(C)C)c(C(C)(C)C)c6n6c7cc(-c8cc(C(C)(C)C)cc(C(C)(C)C)c8)ccc7c(c7c8ccc(C(C)(C)C)c(C(C)(C)C)c8n(c3c2)c47)c56)cc(C(C)(C)C)c1. The van der Waals surface area contributed by atoms with Crippen molar-refractivity contribution in [1.29, 1.82) is 0 Å². The molecule has 2 heteroatoms. The molecule has 0 aliphatic rings. The molecule has 0 aliphatic heterocycles. The van der Waals surface area contributed by atoms with Crippen LogP contribution in [0, 0.1) is 0 Å². The quantitative estimate of drug-likeness (QED) is 0.163. The van der Waals surface area contributed by atoms with Crippen LogP contribution in [0.2, 0.25) is 0 Å². The van der Waals surface area contributed by atoms with E-state index in [1.54, 1.807) is 0 Å². The highest BCUT2D eigenvalue weighted by Gasteiger charge is 2.37. The van der Waals surface area contributed by atoms with Crippen molar-refractivity contribution in [2.24, 2.45) is 0 Å². The predicted octanol–water partition coefficient (Wildman–Crippen LogP) is 21.7. The van der Waals surface area contributed by atoms with Crippen LogP contribution < -0.4 is 0 Å². The Hall–Kier alpha value is -5.86. The Balaban J connectivity index is 1.42. The van der Waals surface area contributed by atoms with E-state index in [1.807, 2.05) is 0 Å². The summed E-state index contributed by atoms with van der Waals surface area (Å²) in [6, 6.07) is 39.8. The van der Waals surface area contributed by atoms with E-state index in [1.165, 1.54) is 143 Å². The van der Waals surface area contributed by atoms with Crippen LogP contribution in [0.15, 0.2) is 97.1 Å². The molecule has 4 aromatic heterocycles. The third-order valence-electron chi connectivity index (χ3n) is 17.4. The molecule has 11 rings (SSSR count). The summed E-state index contributed by atoms with van der Waals surface area (Å²) in [5.74, 6) is 0. The zero-order valence-corrected chi connectivity index (χ0v) is 51.1. The number of hydrogen-bond acceptors (Lipinski definition) is 0. The number of fused-ring (bicyclic) bond motifs is 14. The highest BCUT2D eigenvalue weighted by Crippen LogP contribution is 2.56. The van der Waals surface area contributed by atoms with Crippen LogP contribution in [0.1, 0.15) is 211 Å². The monoisotopic (exact) mass is 1000 g/mol. The van der Waals surface area contributed by atoms with Crippen molar-refractivity contribution in [3.63, 3.8) is 0 Å². The van der Waals surface area contributed by atoms with Gasteiger partial charge in [-0.15, -0.1) is 0 Å². The van der Waals surface area contributed by atoms with Gasteiger partial charge in [-0.3, -0.25) is 0 Å². The third kappa shape index (κ3) is 7.82. The summed E-state index contributed by atoms with van der Waals surface area (Å²) in [5, 5.41) is 10.8. The Morgan fingerprint density at radius 2 is 0.513 bits per heavy atom. The van der Waals surface area contributed by atoms with Crippen molar-refractivity contribution < 1.29 is 0 Å². The second kappa shape index (κ2) is 15.9. The number of aromatic nitrogens is 2. The molecule has 0 saturated heterocycles. The van der Waals surface area contributed by atoms with E-state index in [-0.39, 0.29) is 43.3 Å². The summed E-state index contributed by atoms with van der Waals surface area (Å²) in [4.78, 5) is 0. The Morgan fingerprint density at radius 1 is 0.237 bits per heavy atom. The minimum absolute atomic E-state index is 0.00235. The summed E-state index contributed by atoms with van der Waals surface area (Å²) < 4.78 is 5.53. The fourth-order valence-corrected chi connectivity index (χ4v) is 13.3. The molecule has 0 radical (unpaired) electrons. The second-order valence-corrected chi connectivity index (χ2v) is 31.7. The molecule has 11 aromatic rings. The Morgan fingerprint density at radius 3 is 0.776 bits per heavy atom. The van der Waals surface area contributed by atoms with Crippen LogP contribution in [-0.4, -0.2) is 8.80 Å². The first-order chi connectivity index (χ1) is 34.8. The molecule has 76 heavy (non-hydrogen) atoms. The van der Waals surface area contributed by atoms with Crippen LogP contribution in [0.3, 0.4) is 0 Å². The van der Waals surface area contributed by atoms with Gasteiger partial charge in [0.2, 0.25) is 0 Å². The highest BCUT2D eigenvalue weighted by atomic mass is 15.0. The number of hydrogen-bond donors (Lipinski definition) is 0. The molecule has 7 aromatic carbocycles. The van der Waals surface area contributed by atoms with E-state index in [2.05, 4.69) is 272 Å². The lowest BCUT2D eigenvalue weighted by Crippen LogP contribution is -2.22. The molecule has 0 spiro atoms. The van der Waals surface area contributed by atoms with E-state index in [4.69, 9.17) is 0 Å². The predicted molar refractivity (Wildman–Crippen MR) is 336 cm³/mol. The Labute approximate surface area is 456 Å². The standard InChI is InChI=1S/C74H88N2/c1-67(2,3)45-33-43(34-46(39-45)68(4,5)6)41-25-27-49-55(37-41)75-63-51(29-31-53(71(13,14)15)61(63)73(19,20)21)60-58-50-28-26-42(44-35-47(69(7,8)9)40-48(36-44)70(10,11)12)38-56(50)76-64-52(59(66(58)76)57(49)65(60)75)30-32-54(72(16,17)18)62(64)74(22,23)24/h25-40H,1-24H3. The minimum Gasteiger partial charge on any atom is -0.308 e. The van der Waals surface area contributed by atoms with Gasteiger partial charge in [0.25, 0.3) is 0 Å². The number of nitrogens with zero attached hydrogens (tertiary/aromatic N) is 2. The first kappa shape index (κ1) is 52.2. The van der Waals surface area contributed by atoms with Crippen molar-refractivity contribution >= 4 is 76.2 Å². The Bertz CT molecular complexity index is 3850. The normalized spacial score (nSPS) is 14.3. The van der Waals surface area contributed by atoms with E-state index >= 15 is 0 Å². The average Bonchev–Trinajstić information content (AvgIpc) is 4.01. The molecule has 0 fully saturated rings. The van der Waals surface area contributed by atoms with Crippen LogP contribution >= 0.6 is 0 Å². The molecule has 4 heterocycles. The number of benzene rings is 7.